The standard InChI is InChI=1S/C21H24N4O4/c1-14(21(28)29-2)12-24-19(26)15-6-7-16-13-25(20(27)17(16)11-15)10-9-23-18-5-3-4-8-22-18/h3-8,11,14H,9-10,12-13H2,1-2H3,(H,22,23)(H,24,26)/t14-/m0/s1. The van der Waals surface area contributed by atoms with E-state index in [1.165, 1.54) is 7.11 Å². The average Bonchev–Trinajstić information content (AvgIpc) is 3.07. The fourth-order valence-corrected chi connectivity index (χ4v) is 3.10. The van der Waals surface area contributed by atoms with E-state index in [9.17, 15) is 14.4 Å². The Labute approximate surface area is 169 Å². The fraction of sp³-hybridized carbons (Fsp3) is 0.333. The van der Waals surface area contributed by atoms with Crippen LogP contribution in [0.4, 0.5) is 5.82 Å². The lowest BCUT2D eigenvalue weighted by molar-refractivity contribution is -0.144. The number of nitrogens with zero attached hydrogens (tertiary/aromatic N) is 2. The van der Waals surface area contributed by atoms with E-state index in [-0.39, 0.29) is 24.3 Å². The molecule has 1 aliphatic rings. The molecule has 2 aromatic rings. The largest absolute Gasteiger partial charge is 0.469 e. The third-order valence-corrected chi connectivity index (χ3v) is 4.78. The number of pyridine rings is 1. The van der Waals surface area contributed by atoms with Gasteiger partial charge in [0.25, 0.3) is 11.8 Å². The van der Waals surface area contributed by atoms with E-state index < -0.39 is 5.92 Å². The maximum atomic E-state index is 12.7. The number of carbonyl (C=O) groups is 3. The molecule has 0 radical (unpaired) electrons. The van der Waals surface area contributed by atoms with Crippen LogP contribution < -0.4 is 10.6 Å². The van der Waals surface area contributed by atoms with Crippen molar-refractivity contribution in [2.45, 2.75) is 13.5 Å². The molecule has 0 saturated heterocycles. The van der Waals surface area contributed by atoms with Crippen molar-refractivity contribution in [3.05, 3.63) is 59.3 Å². The smallest absolute Gasteiger partial charge is 0.310 e. The summed E-state index contributed by atoms with van der Waals surface area (Å²) >= 11 is 0. The zero-order valence-electron chi connectivity index (χ0n) is 16.5. The summed E-state index contributed by atoms with van der Waals surface area (Å²) in [7, 11) is 1.31. The summed E-state index contributed by atoms with van der Waals surface area (Å²) in [4.78, 5) is 42.4. The highest BCUT2D eigenvalue weighted by Gasteiger charge is 2.28. The van der Waals surface area contributed by atoms with Crippen LogP contribution in [0.2, 0.25) is 0 Å². The van der Waals surface area contributed by atoms with Gasteiger partial charge < -0.3 is 20.3 Å². The maximum Gasteiger partial charge on any atom is 0.310 e. The number of aromatic nitrogens is 1. The van der Waals surface area contributed by atoms with Crippen molar-refractivity contribution in [3.8, 4) is 0 Å². The Balaban J connectivity index is 1.56. The summed E-state index contributed by atoms with van der Waals surface area (Å²) in [5, 5.41) is 5.88. The highest BCUT2D eigenvalue weighted by atomic mass is 16.5. The number of rotatable bonds is 8. The quantitative estimate of drug-likeness (QED) is 0.659. The zero-order valence-corrected chi connectivity index (χ0v) is 16.5. The van der Waals surface area contributed by atoms with Crippen molar-refractivity contribution in [3.63, 3.8) is 0 Å². The number of nitrogens with one attached hydrogen (secondary N) is 2. The van der Waals surface area contributed by atoms with E-state index in [1.807, 2.05) is 18.2 Å². The van der Waals surface area contributed by atoms with Gasteiger partial charge in [-0.25, -0.2) is 4.98 Å². The van der Waals surface area contributed by atoms with Crippen LogP contribution in [0.25, 0.3) is 0 Å². The van der Waals surface area contributed by atoms with Gasteiger partial charge in [-0.05, 0) is 29.8 Å². The Morgan fingerprint density at radius 1 is 1.28 bits per heavy atom. The highest BCUT2D eigenvalue weighted by Crippen LogP contribution is 2.23. The number of fused-ring (bicyclic) bond motifs is 1. The van der Waals surface area contributed by atoms with Crippen molar-refractivity contribution in [1.82, 2.24) is 15.2 Å². The maximum absolute atomic E-state index is 12.7. The number of benzene rings is 1. The molecule has 3 rings (SSSR count). The molecule has 29 heavy (non-hydrogen) atoms. The minimum absolute atomic E-state index is 0.0969. The average molecular weight is 396 g/mol. The molecular formula is C21H24N4O4. The second-order valence-corrected chi connectivity index (χ2v) is 6.87. The Bertz CT molecular complexity index is 901. The summed E-state index contributed by atoms with van der Waals surface area (Å²) in [5.41, 5.74) is 1.83. The van der Waals surface area contributed by atoms with Crippen molar-refractivity contribution in [2.24, 2.45) is 5.92 Å². The van der Waals surface area contributed by atoms with Gasteiger partial charge in [-0.15, -0.1) is 0 Å². The summed E-state index contributed by atoms with van der Waals surface area (Å²) in [6, 6.07) is 10.7. The fourth-order valence-electron chi connectivity index (χ4n) is 3.10. The highest BCUT2D eigenvalue weighted by molar-refractivity contribution is 6.02. The summed E-state index contributed by atoms with van der Waals surface area (Å²) < 4.78 is 4.65. The number of ether oxygens (including phenoxy) is 1. The first kappa shape index (κ1) is 20.3. The normalized spacial score (nSPS) is 13.6. The van der Waals surface area contributed by atoms with Crippen LogP contribution in [0, 0.1) is 5.92 Å². The van der Waals surface area contributed by atoms with Crippen LogP contribution in [0.5, 0.6) is 0 Å². The molecular weight excluding hydrogens is 372 g/mol. The number of amides is 2. The summed E-state index contributed by atoms with van der Waals surface area (Å²) in [6.07, 6.45) is 1.71. The molecule has 1 aliphatic heterocycles. The first-order valence-corrected chi connectivity index (χ1v) is 9.42. The molecule has 2 heterocycles. The predicted octanol–water partition coefficient (Wildman–Crippen LogP) is 1.69. The van der Waals surface area contributed by atoms with Crippen LogP contribution >= 0.6 is 0 Å². The monoisotopic (exact) mass is 396 g/mol. The number of esters is 1. The molecule has 0 spiro atoms. The lowest BCUT2D eigenvalue weighted by Gasteiger charge is -2.16. The predicted molar refractivity (Wildman–Crippen MR) is 107 cm³/mol. The van der Waals surface area contributed by atoms with Crippen molar-refractivity contribution in [2.75, 3.05) is 32.1 Å². The van der Waals surface area contributed by atoms with Gasteiger partial charge in [-0.1, -0.05) is 19.1 Å². The molecule has 152 valence electrons. The number of carbonyl (C=O) groups excluding carboxylic acids is 3. The molecule has 8 heteroatoms. The summed E-state index contributed by atoms with van der Waals surface area (Å²) in [5.74, 6) is -0.490. The van der Waals surface area contributed by atoms with Crippen LogP contribution in [-0.2, 0) is 16.1 Å². The van der Waals surface area contributed by atoms with Crippen molar-refractivity contribution >= 4 is 23.6 Å². The first-order chi connectivity index (χ1) is 14.0. The molecule has 1 aromatic heterocycles. The van der Waals surface area contributed by atoms with Crippen LogP contribution in [0.15, 0.2) is 42.6 Å². The second-order valence-electron chi connectivity index (χ2n) is 6.87. The third-order valence-electron chi connectivity index (χ3n) is 4.78. The van der Waals surface area contributed by atoms with Crippen molar-refractivity contribution < 1.29 is 19.1 Å². The van der Waals surface area contributed by atoms with Gasteiger partial charge in [0.2, 0.25) is 0 Å². The number of hydrogen-bond donors (Lipinski definition) is 2. The Morgan fingerprint density at radius 2 is 2.10 bits per heavy atom. The van der Waals surface area contributed by atoms with Gasteiger partial charge >= 0.3 is 5.97 Å². The molecule has 8 nitrogen and oxygen atoms in total. The van der Waals surface area contributed by atoms with Crippen LogP contribution in [0.1, 0.15) is 33.2 Å². The molecule has 0 fully saturated rings. The second kappa shape index (κ2) is 9.18. The van der Waals surface area contributed by atoms with Gasteiger partial charge in [-0.2, -0.15) is 0 Å². The molecule has 1 atom stereocenters. The zero-order chi connectivity index (χ0) is 20.8. The van der Waals surface area contributed by atoms with E-state index in [0.717, 1.165) is 11.4 Å². The van der Waals surface area contributed by atoms with Crippen molar-refractivity contribution in [1.29, 1.82) is 0 Å². The molecule has 1 aromatic carbocycles. The van der Waals surface area contributed by atoms with Gasteiger partial charge in [0.1, 0.15) is 5.82 Å². The summed E-state index contributed by atoms with van der Waals surface area (Å²) in [6.45, 7) is 3.47. The van der Waals surface area contributed by atoms with E-state index in [0.29, 0.717) is 30.8 Å². The van der Waals surface area contributed by atoms with E-state index in [4.69, 9.17) is 0 Å². The minimum atomic E-state index is -0.442. The van der Waals surface area contributed by atoms with E-state index in [2.05, 4.69) is 20.4 Å². The SMILES string of the molecule is COC(=O)[C@@H](C)CNC(=O)c1ccc2c(c1)C(=O)N(CCNc1ccccn1)C2. The molecule has 0 saturated carbocycles. The van der Waals surface area contributed by atoms with Gasteiger partial charge in [-0.3, -0.25) is 14.4 Å². The third kappa shape index (κ3) is 4.90. The van der Waals surface area contributed by atoms with Gasteiger partial charge in [0.05, 0.1) is 13.0 Å². The molecule has 2 N–H and O–H groups in total. The number of methoxy groups -OCH3 is 1. The van der Waals surface area contributed by atoms with Crippen LogP contribution in [0.3, 0.4) is 0 Å². The van der Waals surface area contributed by atoms with Crippen LogP contribution in [-0.4, -0.2) is 54.4 Å². The van der Waals surface area contributed by atoms with E-state index >= 15 is 0 Å². The van der Waals surface area contributed by atoms with Gasteiger partial charge in [0, 0.05) is 43.5 Å². The van der Waals surface area contributed by atoms with Gasteiger partial charge in [0.15, 0.2) is 0 Å². The Kier molecular flexibility index (Phi) is 6.43. The van der Waals surface area contributed by atoms with E-state index in [1.54, 1.807) is 36.2 Å². The molecule has 0 bridgehead atoms. The first-order valence-electron chi connectivity index (χ1n) is 9.42. The minimum Gasteiger partial charge on any atom is -0.469 e. The Morgan fingerprint density at radius 3 is 2.83 bits per heavy atom. The lowest BCUT2D eigenvalue weighted by atomic mass is 10.1. The molecule has 0 aliphatic carbocycles. The number of hydrogen-bond acceptors (Lipinski definition) is 6. The Hall–Kier alpha value is -3.42. The lowest BCUT2D eigenvalue weighted by Crippen LogP contribution is -2.32. The number of anilines is 1. The molecule has 2 amide bonds. The molecule has 0 unspecified atom stereocenters. The topological polar surface area (TPSA) is 101 Å².